The minimum Gasteiger partial charge on any atom is -0.438 e. The number of fused-ring (bicyclic) bond motifs is 1. The van der Waals surface area contributed by atoms with Crippen molar-refractivity contribution in [3.05, 3.63) is 52.1 Å². The van der Waals surface area contributed by atoms with E-state index in [1.165, 1.54) is 12.3 Å². The lowest BCUT2D eigenvalue weighted by atomic mass is 10.1. The highest BCUT2D eigenvalue weighted by Gasteiger charge is 2.48. The van der Waals surface area contributed by atoms with E-state index in [0.29, 0.717) is 5.75 Å². The summed E-state index contributed by atoms with van der Waals surface area (Å²) in [5.41, 5.74) is 1.16. The Morgan fingerprint density at radius 1 is 1.18 bits per heavy atom. The van der Waals surface area contributed by atoms with Gasteiger partial charge in [-0.05, 0) is 25.0 Å². The summed E-state index contributed by atoms with van der Waals surface area (Å²) in [4.78, 5) is 16.4. The molecule has 0 N–H and O–H groups in total. The Labute approximate surface area is 160 Å². The van der Waals surface area contributed by atoms with Crippen LogP contribution in [-0.4, -0.2) is 48.1 Å². The van der Waals surface area contributed by atoms with Crippen molar-refractivity contribution in [2.45, 2.75) is 38.5 Å². The third-order valence-electron chi connectivity index (χ3n) is 4.75. The number of ether oxygens (including phenoxy) is 5. The Morgan fingerprint density at radius 3 is 2.71 bits per heavy atom. The number of hydrogen-bond donors (Lipinski definition) is 0. The van der Waals surface area contributed by atoms with Crippen LogP contribution in [0.5, 0.6) is 11.6 Å². The number of benzene rings is 1. The fraction of sp³-hybridized carbons (Fsp3) is 0.474. The van der Waals surface area contributed by atoms with Crippen molar-refractivity contribution in [1.29, 1.82) is 0 Å². The van der Waals surface area contributed by atoms with Crippen molar-refractivity contribution in [3.63, 3.8) is 0 Å². The van der Waals surface area contributed by atoms with Crippen LogP contribution < -0.4 is 10.4 Å². The van der Waals surface area contributed by atoms with E-state index >= 15 is 0 Å². The summed E-state index contributed by atoms with van der Waals surface area (Å²) in [6, 6.07) is 7.23. The highest BCUT2D eigenvalue weighted by molar-refractivity contribution is 5.41. The quantitative estimate of drug-likeness (QED) is 0.792. The molecule has 0 aliphatic carbocycles. The zero-order chi connectivity index (χ0) is 19.7. The van der Waals surface area contributed by atoms with Crippen molar-refractivity contribution in [1.82, 2.24) is 9.55 Å². The minimum atomic E-state index is -1.57. The van der Waals surface area contributed by atoms with Gasteiger partial charge >= 0.3 is 5.69 Å². The number of rotatable bonds is 3. The molecule has 9 heteroatoms. The average molecular weight is 392 g/mol. The molecule has 0 spiro atoms. The molecular formula is C19H21FN2O6. The molecule has 1 aromatic carbocycles. The Kier molecular flexibility index (Phi) is 5.40. The topological polar surface area (TPSA) is 81.0 Å². The van der Waals surface area contributed by atoms with Crippen LogP contribution in [-0.2, 0) is 18.9 Å². The van der Waals surface area contributed by atoms with Gasteiger partial charge in [-0.2, -0.15) is 4.98 Å². The second kappa shape index (κ2) is 7.96. The number of hydrogen-bond acceptors (Lipinski definition) is 7. The Balaban J connectivity index is 1.56. The van der Waals surface area contributed by atoms with Crippen LogP contribution in [0.25, 0.3) is 0 Å². The predicted octanol–water partition coefficient (Wildman–Crippen LogP) is 2.23. The molecule has 2 aromatic rings. The Hall–Kier alpha value is -2.33. The molecule has 4 rings (SSSR count). The molecule has 3 heterocycles. The summed E-state index contributed by atoms with van der Waals surface area (Å²) in [6.07, 6.45) is -2.85. The molecule has 0 amide bonds. The minimum absolute atomic E-state index is 0.0417. The van der Waals surface area contributed by atoms with Crippen LogP contribution in [0.1, 0.15) is 17.4 Å². The zero-order valence-corrected chi connectivity index (χ0v) is 15.5. The standard InChI is InChI=1S/C19H21FN2O6/c1-11-4-3-5-12(2)16(11)28-14-6-7-22(19(23)21-14)18-15(20)17-13(27-18)8-24-9-25-10-26-17/h3-7,13,15,17-18H,8-10H2,1-2H3/t13-,15+,17?,18-/m1/s1. The van der Waals surface area contributed by atoms with Crippen LogP contribution in [0.2, 0.25) is 0 Å². The normalized spacial score (nSPS) is 27.7. The third-order valence-corrected chi connectivity index (χ3v) is 4.75. The number of para-hydroxylation sites is 1. The smallest absolute Gasteiger partial charge is 0.353 e. The van der Waals surface area contributed by atoms with E-state index in [1.54, 1.807) is 0 Å². The molecule has 150 valence electrons. The van der Waals surface area contributed by atoms with E-state index in [2.05, 4.69) is 4.98 Å². The highest BCUT2D eigenvalue weighted by Crippen LogP contribution is 2.34. The average Bonchev–Trinajstić information content (AvgIpc) is 2.93. The van der Waals surface area contributed by atoms with Crippen LogP contribution in [0.3, 0.4) is 0 Å². The summed E-state index contributed by atoms with van der Waals surface area (Å²) in [6.45, 7) is 3.86. The molecule has 28 heavy (non-hydrogen) atoms. The first kappa shape index (κ1) is 19.0. The number of halogens is 1. The summed E-state index contributed by atoms with van der Waals surface area (Å²) in [5.74, 6) is 0.766. The Bertz CT molecular complexity index is 884. The lowest BCUT2D eigenvalue weighted by Gasteiger charge is -2.22. The van der Waals surface area contributed by atoms with Crippen molar-refractivity contribution in [2.24, 2.45) is 0 Å². The first-order valence-electron chi connectivity index (χ1n) is 8.94. The largest absolute Gasteiger partial charge is 0.438 e. The maximum absolute atomic E-state index is 14.9. The molecule has 4 atom stereocenters. The monoisotopic (exact) mass is 392 g/mol. The molecule has 2 saturated heterocycles. The van der Waals surface area contributed by atoms with E-state index in [4.69, 9.17) is 23.7 Å². The van der Waals surface area contributed by atoms with Gasteiger partial charge in [0.05, 0.1) is 6.61 Å². The predicted molar refractivity (Wildman–Crippen MR) is 94.9 cm³/mol. The van der Waals surface area contributed by atoms with Crippen molar-refractivity contribution < 1.29 is 28.1 Å². The number of alkyl halides is 1. The molecule has 0 radical (unpaired) electrons. The molecule has 0 bridgehead atoms. The van der Waals surface area contributed by atoms with Crippen LogP contribution >= 0.6 is 0 Å². The van der Waals surface area contributed by atoms with E-state index in [-0.39, 0.29) is 26.1 Å². The van der Waals surface area contributed by atoms with Crippen molar-refractivity contribution >= 4 is 0 Å². The van der Waals surface area contributed by atoms with E-state index in [9.17, 15) is 9.18 Å². The van der Waals surface area contributed by atoms with Gasteiger partial charge in [0, 0.05) is 12.3 Å². The molecule has 1 aromatic heterocycles. The van der Waals surface area contributed by atoms with Gasteiger partial charge in [-0.15, -0.1) is 0 Å². The van der Waals surface area contributed by atoms with Gasteiger partial charge in [-0.25, -0.2) is 9.18 Å². The lowest BCUT2D eigenvalue weighted by molar-refractivity contribution is -0.203. The fourth-order valence-electron chi connectivity index (χ4n) is 3.35. The van der Waals surface area contributed by atoms with Gasteiger partial charge in [-0.1, -0.05) is 18.2 Å². The maximum atomic E-state index is 14.9. The molecule has 1 unspecified atom stereocenters. The van der Waals surface area contributed by atoms with Crippen LogP contribution in [0.4, 0.5) is 4.39 Å². The van der Waals surface area contributed by atoms with Gasteiger partial charge in [0.25, 0.3) is 0 Å². The third kappa shape index (κ3) is 3.66. The second-order valence-corrected chi connectivity index (χ2v) is 6.73. The summed E-state index contributed by atoms with van der Waals surface area (Å²) in [5, 5.41) is 0. The first-order valence-corrected chi connectivity index (χ1v) is 8.94. The molecule has 8 nitrogen and oxygen atoms in total. The van der Waals surface area contributed by atoms with E-state index in [1.807, 2.05) is 32.0 Å². The molecule has 2 aliphatic heterocycles. The summed E-state index contributed by atoms with van der Waals surface area (Å²) in [7, 11) is 0. The van der Waals surface area contributed by atoms with Gasteiger partial charge in [0.15, 0.2) is 12.4 Å². The van der Waals surface area contributed by atoms with E-state index < -0.39 is 30.3 Å². The molecule has 2 fully saturated rings. The van der Waals surface area contributed by atoms with Gasteiger partial charge in [-0.3, -0.25) is 4.57 Å². The van der Waals surface area contributed by atoms with Crippen LogP contribution in [0.15, 0.2) is 35.3 Å². The SMILES string of the molecule is Cc1cccc(C)c1Oc1ccn([C@@H]2O[C@@H]3COCOCOC3[C@@H]2F)c(=O)n1. The molecular weight excluding hydrogens is 371 g/mol. The number of aromatic nitrogens is 2. The summed E-state index contributed by atoms with van der Waals surface area (Å²) < 4.78 is 43.1. The lowest BCUT2D eigenvalue weighted by Crippen LogP contribution is -2.38. The first-order chi connectivity index (χ1) is 13.5. The van der Waals surface area contributed by atoms with Crippen molar-refractivity contribution in [2.75, 3.05) is 20.2 Å². The number of aryl methyl sites for hydroxylation is 2. The van der Waals surface area contributed by atoms with Gasteiger partial charge < -0.3 is 23.7 Å². The molecule has 0 saturated carbocycles. The Morgan fingerprint density at radius 2 is 1.96 bits per heavy atom. The molecule has 2 aliphatic rings. The fourth-order valence-corrected chi connectivity index (χ4v) is 3.35. The van der Waals surface area contributed by atoms with Gasteiger partial charge in [0.1, 0.15) is 31.5 Å². The highest BCUT2D eigenvalue weighted by atomic mass is 19.1. The van der Waals surface area contributed by atoms with Gasteiger partial charge in [0.2, 0.25) is 5.88 Å². The zero-order valence-electron chi connectivity index (χ0n) is 15.5. The number of nitrogens with zero attached hydrogens (tertiary/aromatic N) is 2. The van der Waals surface area contributed by atoms with Crippen LogP contribution in [0, 0.1) is 13.8 Å². The van der Waals surface area contributed by atoms with Crippen molar-refractivity contribution in [3.8, 4) is 11.6 Å². The maximum Gasteiger partial charge on any atom is 0.353 e. The summed E-state index contributed by atoms with van der Waals surface area (Å²) >= 11 is 0. The van der Waals surface area contributed by atoms with E-state index in [0.717, 1.165) is 15.7 Å². The second-order valence-electron chi connectivity index (χ2n) is 6.73.